The van der Waals surface area contributed by atoms with E-state index in [0.717, 1.165) is 0 Å². The zero-order valence-corrected chi connectivity index (χ0v) is 5.32. The van der Waals surface area contributed by atoms with Crippen LogP contribution in [0.2, 0.25) is 0 Å². The Morgan fingerprint density at radius 1 is 0.400 bits per heavy atom. The van der Waals surface area contributed by atoms with Gasteiger partial charge in [-0.1, -0.05) is 0 Å². The third-order valence-electron chi connectivity index (χ3n) is 0. The van der Waals surface area contributed by atoms with Crippen molar-refractivity contribution in [2.24, 2.45) is 0 Å². The third kappa shape index (κ3) is 69.0. The second kappa shape index (κ2) is 129. The van der Waals surface area contributed by atoms with Gasteiger partial charge < -0.3 is 18.8 Å². The summed E-state index contributed by atoms with van der Waals surface area (Å²) in [4.78, 5) is 0. The molecule has 0 aromatic carbocycles. The van der Waals surface area contributed by atoms with Crippen molar-refractivity contribution in [1.82, 2.24) is 0 Å². The van der Waals surface area contributed by atoms with Crippen LogP contribution in [0.3, 0.4) is 0 Å². The summed E-state index contributed by atoms with van der Waals surface area (Å²) in [6.45, 7) is 0. The second-order valence-corrected chi connectivity index (χ2v) is 0. The molecule has 0 N–H and O–H groups in total. The molecule has 0 bridgehead atoms. The van der Waals surface area contributed by atoms with Gasteiger partial charge in [0, 0.05) is 29.2 Å². The molecule has 0 aliphatic rings. The van der Waals surface area contributed by atoms with Crippen LogP contribution in [0.25, 0.3) is 0 Å². The predicted molar refractivity (Wildman–Crippen MR) is 0 cm³/mol. The van der Waals surface area contributed by atoms with Crippen molar-refractivity contribution in [3.63, 3.8) is 0 Å². The smallest absolute Gasteiger partial charge is 0 e. The van der Waals surface area contributed by atoms with E-state index in [1.165, 1.54) is 0 Å². The molecule has 38 valence electrons. The largest absolute Gasteiger partial charge is 1.00 e. The van der Waals surface area contributed by atoms with Crippen LogP contribution < -0.4 is 18.8 Å². The molecule has 5 heteroatoms. The predicted octanol–water partition coefficient (Wildman–Crippen LogP) is -12.0. The van der Waals surface area contributed by atoms with Crippen molar-refractivity contribution in [3.05, 3.63) is 0 Å². The molecule has 0 saturated heterocycles. The van der Waals surface area contributed by atoms with Gasteiger partial charge in [0.2, 0.25) is 0 Å². The summed E-state index contributed by atoms with van der Waals surface area (Å²) >= 11 is 0. The van der Waals surface area contributed by atoms with Gasteiger partial charge >= 0.3 is 0 Å². The van der Waals surface area contributed by atoms with Crippen LogP contribution in [0.15, 0.2) is 0 Å². The molecule has 0 nitrogen and oxygen atoms in total. The van der Waals surface area contributed by atoms with E-state index in [9.17, 15) is 0 Å². The van der Waals surface area contributed by atoms with E-state index in [2.05, 4.69) is 0 Å². The van der Waals surface area contributed by atoms with E-state index in [-0.39, 0.29) is 48.0 Å². The Hall–Kier alpha value is 0.707. The molecule has 0 spiro atoms. The number of halogens is 4. The second-order valence-electron chi connectivity index (χ2n) is 0. The SMILES string of the molecule is [239Pu].[F-].[F-].[F-].[F-]. The van der Waals surface area contributed by atoms with Gasteiger partial charge in [-0.15, -0.1) is 0 Å². The summed E-state index contributed by atoms with van der Waals surface area (Å²) in [5.74, 6) is 0. The molecule has 0 aliphatic heterocycles. The monoisotopic (exact) mass is 315 g/mol. The van der Waals surface area contributed by atoms with Crippen LogP contribution in [0.5, 0.6) is 0 Å². The molecule has 0 amide bonds. The van der Waals surface area contributed by atoms with Crippen molar-refractivity contribution in [2.45, 2.75) is 0 Å². The van der Waals surface area contributed by atoms with Gasteiger partial charge in [0.25, 0.3) is 0 Å². The van der Waals surface area contributed by atoms with Gasteiger partial charge in [-0.25, -0.2) is 0 Å². The number of hydrogen-bond donors (Lipinski definition) is 0. The van der Waals surface area contributed by atoms with Crippen LogP contribution in [-0.4, -0.2) is 0 Å². The minimum Gasteiger partial charge on any atom is -1.00 e. The number of hydrogen-bond acceptors (Lipinski definition) is 0. The molecular formula is F4Pu-4. The van der Waals surface area contributed by atoms with E-state index in [1.807, 2.05) is 0 Å². The van der Waals surface area contributed by atoms with E-state index in [4.69, 9.17) is 0 Å². The summed E-state index contributed by atoms with van der Waals surface area (Å²) in [6, 6.07) is 0. The van der Waals surface area contributed by atoms with Crippen LogP contribution in [0.1, 0.15) is 0 Å². The zero-order chi connectivity index (χ0) is 0. The first-order chi connectivity index (χ1) is 0. The summed E-state index contributed by atoms with van der Waals surface area (Å²) in [5, 5.41) is 0. The first-order valence-electron chi connectivity index (χ1n) is 0. The van der Waals surface area contributed by atoms with Crippen molar-refractivity contribution in [2.75, 3.05) is 0 Å². The van der Waals surface area contributed by atoms with E-state index < -0.39 is 0 Å². The summed E-state index contributed by atoms with van der Waals surface area (Å²) in [5.41, 5.74) is 0. The quantitative estimate of drug-likeness (QED) is 0.390. The van der Waals surface area contributed by atoms with Crippen LogP contribution >= 0.6 is 0 Å². The van der Waals surface area contributed by atoms with E-state index in [1.54, 1.807) is 0 Å². The third-order valence-corrected chi connectivity index (χ3v) is 0. The van der Waals surface area contributed by atoms with Gasteiger partial charge in [0.05, 0.1) is 0 Å². The molecule has 0 unspecified atom stereocenters. The standard InChI is InChI=1S/4FH.Pu/h4*1H;/p-4/i;;;;1-5. The van der Waals surface area contributed by atoms with E-state index in [0.29, 0.717) is 0 Å². The fourth-order valence-corrected chi connectivity index (χ4v) is 0. The van der Waals surface area contributed by atoms with Crippen LogP contribution in [0.4, 0.5) is 0 Å². The first kappa shape index (κ1) is 253. The maximum Gasteiger partial charge on any atom is 0 e. The van der Waals surface area contributed by atoms with Gasteiger partial charge in [0.1, 0.15) is 0 Å². The van der Waals surface area contributed by atoms with Gasteiger partial charge in [-0.3, -0.25) is 0 Å². The molecule has 0 heterocycles. The van der Waals surface area contributed by atoms with Crippen LogP contribution in [-0.2, 0) is 0 Å². The summed E-state index contributed by atoms with van der Waals surface area (Å²) < 4.78 is 0. The molecule has 0 aromatic rings. The molecule has 5 heavy (non-hydrogen) atoms. The van der Waals surface area contributed by atoms with E-state index >= 15 is 0 Å². The molecule has 0 saturated carbocycles. The molecule has 0 fully saturated rings. The summed E-state index contributed by atoms with van der Waals surface area (Å²) in [6.07, 6.45) is 0. The van der Waals surface area contributed by atoms with Crippen molar-refractivity contribution >= 4 is 0 Å². The Bertz CT molecular complexity index is 3.61. The molecule has 0 aromatic heterocycles. The van der Waals surface area contributed by atoms with Crippen molar-refractivity contribution in [3.8, 4) is 0 Å². The maximum atomic E-state index is 0. The maximum absolute atomic E-state index is 0. The average Bonchev–Trinajstić information content (AvgIpc) is 0. The summed E-state index contributed by atoms with van der Waals surface area (Å²) in [7, 11) is 0. The molecule has 0 rings (SSSR count). The minimum atomic E-state index is 0. The van der Waals surface area contributed by atoms with Gasteiger partial charge in [-0.05, 0) is 0 Å². The Balaban J connectivity index is 0. The Kier molecular flexibility index (Phi) is 6550. The Morgan fingerprint density at radius 3 is 0.400 bits per heavy atom. The fraction of sp³-hybridized carbons (Fsp3) is 0. The molecule has 0 aliphatic carbocycles. The van der Waals surface area contributed by atoms with Crippen LogP contribution in [0, 0.1) is 29.2 Å². The Labute approximate surface area is 48.3 Å². The van der Waals surface area contributed by atoms with Gasteiger partial charge in [0.15, 0.2) is 0 Å². The molecular weight excluding hydrogens is 315 g/mol. The molecule has 0 atom stereocenters. The van der Waals surface area contributed by atoms with Gasteiger partial charge in [-0.2, -0.15) is 0 Å². The first-order valence-corrected chi connectivity index (χ1v) is 0. The van der Waals surface area contributed by atoms with Crippen molar-refractivity contribution in [1.29, 1.82) is 0 Å². The average molecular weight is 315 g/mol. The molecule has 0 radical (unpaired) electrons. The van der Waals surface area contributed by atoms with Crippen molar-refractivity contribution < 1.29 is 48.0 Å². The Morgan fingerprint density at radius 2 is 0.400 bits per heavy atom. The zero-order valence-electron chi connectivity index (χ0n) is 1.92. The fourth-order valence-electron chi connectivity index (χ4n) is 0. The number of rotatable bonds is 0. The minimum absolute atomic E-state index is 0. The normalized spacial score (nSPS) is 0. The topological polar surface area (TPSA) is 0 Å².